The van der Waals surface area contributed by atoms with Gasteiger partial charge in [-0.1, -0.05) is 258 Å². The van der Waals surface area contributed by atoms with Gasteiger partial charge in [-0.2, -0.15) is 0 Å². The summed E-state index contributed by atoms with van der Waals surface area (Å²) in [6, 6.07) is 0. The van der Waals surface area contributed by atoms with E-state index in [1.54, 1.807) is 0 Å². The van der Waals surface area contributed by atoms with Crippen LogP contribution in [0, 0.1) is 0 Å². The van der Waals surface area contributed by atoms with Gasteiger partial charge in [-0.25, -0.2) is 4.79 Å². The molecule has 0 radical (unpaired) electrons. The number of ether oxygens (including phenoxy) is 6. The van der Waals surface area contributed by atoms with Gasteiger partial charge >= 0.3 is 30.0 Å². The maximum absolute atomic E-state index is 12.7. The van der Waals surface area contributed by atoms with Crippen molar-refractivity contribution in [2.45, 2.75) is 354 Å². The quantitative estimate of drug-likeness (QED) is 0.0350. The number of esters is 4. The number of rotatable bonds is 67. The Morgan fingerprint density at radius 2 is 0.566 bits per heavy atom. The lowest BCUT2D eigenvalue weighted by Crippen LogP contribution is -2.32. The first-order chi connectivity index (χ1) is 40.7. The van der Waals surface area contributed by atoms with Gasteiger partial charge < -0.3 is 38.6 Å². The zero-order valence-electron chi connectivity index (χ0n) is 54.9. The maximum Gasteiger partial charge on any atom is 0.407 e. The predicted octanol–water partition coefficient (Wildman–Crippen LogP) is 19.2. The number of carbonyl (C=O) groups is 5. The summed E-state index contributed by atoms with van der Waals surface area (Å²) in [6.45, 7) is 8.38. The molecule has 0 aromatic rings. The van der Waals surface area contributed by atoms with E-state index < -0.39 is 6.09 Å². The van der Waals surface area contributed by atoms with E-state index in [0.29, 0.717) is 84.3 Å². The summed E-state index contributed by atoms with van der Waals surface area (Å²) >= 11 is 0. The number of carbonyl (C=O) groups excluding carboxylic acids is 5. The third-order valence-corrected chi connectivity index (χ3v) is 15.9. The molecule has 0 spiro atoms. The molecule has 0 saturated heterocycles. The van der Waals surface area contributed by atoms with Gasteiger partial charge in [0.05, 0.1) is 39.6 Å². The Balaban J connectivity index is 3.97. The Hall–Kier alpha value is -2.93. The summed E-state index contributed by atoms with van der Waals surface area (Å²) in [5.74, 6) is -0.382. The van der Waals surface area contributed by atoms with Gasteiger partial charge in [0.2, 0.25) is 0 Å². The van der Waals surface area contributed by atoms with Crippen LogP contribution in [-0.2, 0) is 47.6 Å². The number of unbranched alkanes of at least 4 members (excludes halogenated alkanes) is 40. The van der Waals surface area contributed by atoms with E-state index in [-0.39, 0.29) is 43.2 Å². The molecule has 13 heteroatoms. The first-order valence-corrected chi connectivity index (χ1v) is 35.5. The standard InChI is InChI=1S/C70H134N2O11/c1-5-7-9-11-13-35-41-47-59-79-66(73)53-43-37-31-27-23-19-15-17-21-25-29-33-39-45-55-68(75)81-61-49-51-65(83-70(77)71-57-63-78-64-58-72(3)4)52-50-62-82-69(76)56-46-40-34-30-26-22-18-16-20-24-28-32-38-44-54-67(74)80-60-48-42-36-14-12-10-8-6-2/h65H,5-64H2,1-4H3,(H,71,77). The number of likely N-dealkylation sites (N-methyl/N-ethyl adjacent to an activating group) is 1. The van der Waals surface area contributed by atoms with Crippen molar-refractivity contribution in [3.8, 4) is 0 Å². The molecule has 0 heterocycles. The number of alkyl carbamates (subject to hydrolysis) is 1. The predicted molar refractivity (Wildman–Crippen MR) is 343 cm³/mol. The summed E-state index contributed by atoms with van der Waals surface area (Å²) in [7, 11) is 3.97. The molecule has 83 heavy (non-hydrogen) atoms. The van der Waals surface area contributed by atoms with Crippen LogP contribution in [-0.4, -0.2) is 108 Å². The fourth-order valence-corrected chi connectivity index (χ4v) is 10.5. The highest BCUT2D eigenvalue weighted by atomic mass is 16.6. The lowest BCUT2D eigenvalue weighted by atomic mass is 10.0. The average Bonchev–Trinajstić information content (AvgIpc) is 3.46. The van der Waals surface area contributed by atoms with E-state index in [9.17, 15) is 24.0 Å². The van der Waals surface area contributed by atoms with Crippen LogP contribution in [0.1, 0.15) is 348 Å². The molecule has 0 bridgehead atoms. The molecule has 0 unspecified atom stereocenters. The first kappa shape index (κ1) is 80.1. The van der Waals surface area contributed by atoms with Crippen molar-refractivity contribution in [1.82, 2.24) is 10.2 Å². The van der Waals surface area contributed by atoms with Crippen molar-refractivity contribution in [2.75, 3.05) is 66.8 Å². The third kappa shape index (κ3) is 66.5. The second-order valence-corrected chi connectivity index (χ2v) is 24.4. The molecule has 0 aliphatic carbocycles. The molecule has 0 aliphatic heterocycles. The van der Waals surface area contributed by atoms with Crippen LogP contribution in [0.25, 0.3) is 0 Å². The maximum atomic E-state index is 12.7. The highest BCUT2D eigenvalue weighted by Gasteiger charge is 2.16. The molecule has 1 amide bonds. The Bertz CT molecular complexity index is 1330. The molecular weight excluding hydrogens is 1040 g/mol. The van der Waals surface area contributed by atoms with E-state index in [4.69, 9.17) is 28.4 Å². The van der Waals surface area contributed by atoms with E-state index in [2.05, 4.69) is 19.2 Å². The lowest BCUT2D eigenvalue weighted by molar-refractivity contribution is -0.145. The van der Waals surface area contributed by atoms with Crippen LogP contribution < -0.4 is 5.32 Å². The molecule has 0 rings (SSSR count). The highest BCUT2D eigenvalue weighted by molar-refractivity contribution is 5.70. The zero-order chi connectivity index (χ0) is 60.4. The highest BCUT2D eigenvalue weighted by Crippen LogP contribution is 2.18. The Kier molecular flexibility index (Phi) is 64.2. The molecule has 0 aliphatic rings. The molecule has 0 atom stereocenters. The van der Waals surface area contributed by atoms with Crippen molar-refractivity contribution >= 4 is 30.0 Å². The van der Waals surface area contributed by atoms with Gasteiger partial charge in [-0.3, -0.25) is 19.2 Å². The number of hydrogen-bond acceptors (Lipinski definition) is 12. The van der Waals surface area contributed by atoms with Gasteiger partial charge in [0, 0.05) is 38.8 Å². The Labute approximate surface area is 511 Å². The molecule has 0 aromatic carbocycles. The van der Waals surface area contributed by atoms with E-state index >= 15 is 0 Å². The van der Waals surface area contributed by atoms with Gasteiger partial charge in [0.25, 0.3) is 0 Å². The van der Waals surface area contributed by atoms with E-state index in [1.807, 2.05) is 19.0 Å². The van der Waals surface area contributed by atoms with Crippen molar-refractivity contribution in [3.63, 3.8) is 0 Å². The van der Waals surface area contributed by atoms with Crippen molar-refractivity contribution < 1.29 is 52.4 Å². The lowest BCUT2D eigenvalue weighted by Gasteiger charge is -2.18. The summed E-state index contributed by atoms with van der Waals surface area (Å²) in [6.07, 6.45) is 56.4. The van der Waals surface area contributed by atoms with Crippen molar-refractivity contribution in [3.05, 3.63) is 0 Å². The summed E-state index contributed by atoms with van der Waals surface area (Å²) in [5.41, 5.74) is 0. The van der Waals surface area contributed by atoms with Gasteiger partial charge in [0.15, 0.2) is 0 Å². The average molecular weight is 1180 g/mol. The third-order valence-electron chi connectivity index (χ3n) is 15.9. The number of nitrogens with zero attached hydrogens (tertiary/aromatic N) is 1. The summed E-state index contributed by atoms with van der Waals surface area (Å²) in [5, 5.41) is 2.78. The van der Waals surface area contributed by atoms with Crippen LogP contribution >= 0.6 is 0 Å². The molecule has 13 nitrogen and oxygen atoms in total. The minimum Gasteiger partial charge on any atom is -0.466 e. The van der Waals surface area contributed by atoms with Crippen molar-refractivity contribution in [2.24, 2.45) is 0 Å². The second kappa shape index (κ2) is 66.6. The fourth-order valence-electron chi connectivity index (χ4n) is 10.5. The van der Waals surface area contributed by atoms with Gasteiger partial charge in [-0.05, 0) is 78.3 Å². The molecule has 0 fully saturated rings. The second-order valence-electron chi connectivity index (χ2n) is 24.4. The molecular formula is C70H134N2O11. The van der Waals surface area contributed by atoms with E-state index in [0.717, 1.165) is 83.6 Å². The van der Waals surface area contributed by atoms with Crippen molar-refractivity contribution in [1.29, 1.82) is 0 Å². The molecule has 0 saturated carbocycles. The fraction of sp³-hybridized carbons (Fsp3) is 0.929. The van der Waals surface area contributed by atoms with Gasteiger partial charge in [-0.15, -0.1) is 0 Å². The normalized spacial score (nSPS) is 11.4. The molecule has 1 N–H and O–H groups in total. The number of amides is 1. The van der Waals surface area contributed by atoms with Crippen LogP contribution in [0.3, 0.4) is 0 Å². The van der Waals surface area contributed by atoms with Crippen LogP contribution in [0.4, 0.5) is 4.79 Å². The molecule has 490 valence electrons. The van der Waals surface area contributed by atoms with Crippen LogP contribution in [0.2, 0.25) is 0 Å². The first-order valence-electron chi connectivity index (χ1n) is 35.5. The Morgan fingerprint density at radius 3 is 0.843 bits per heavy atom. The summed E-state index contributed by atoms with van der Waals surface area (Å²) in [4.78, 5) is 63.7. The monoisotopic (exact) mass is 1180 g/mol. The SMILES string of the molecule is CCCCCCCCCCOC(=O)CCCCCCCCCCCCCCCCC(=O)OCCCC(CCCOC(=O)CCCCCCCCCCCCCCCCC(=O)OCCCCCCCCCC)OC(=O)NCCOCCN(C)C. The van der Waals surface area contributed by atoms with Crippen LogP contribution in [0.15, 0.2) is 0 Å². The minimum absolute atomic E-state index is 0.0196. The molecule has 0 aromatic heterocycles. The zero-order valence-corrected chi connectivity index (χ0v) is 54.9. The summed E-state index contributed by atoms with van der Waals surface area (Å²) < 4.78 is 33.3. The largest absolute Gasteiger partial charge is 0.466 e. The van der Waals surface area contributed by atoms with E-state index in [1.165, 1.54) is 205 Å². The van der Waals surface area contributed by atoms with Gasteiger partial charge in [0.1, 0.15) is 6.10 Å². The smallest absolute Gasteiger partial charge is 0.407 e. The topological polar surface area (TPSA) is 156 Å². The number of nitrogens with one attached hydrogen (secondary N) is 1. The number of hydrogen-bond donors (Lipinski definition) is 1. The van der Waals surface area contributed by atoms with Crippen LogP contribution in [0.5, 0.6) is 0 Å². The minimum atomic E-state index is -0.502. The Morgan fingerprint density at radius 1 is 0.313 bits per heavy atom.